The molecule has 1 aromatic carbocycles. The number of carboxylic acids is 1. The van der Waals surface area contributed by atoms with Crippen molar-refractivity contribution in [2.75, 3.05) is 0 Å². The fourth-order valence-electron chi connectivity index (χ4n) is 3.58. The monoisotopic (exact) mass is 442 g/mol. The van der Waals surface area contributed by atoms with E-state index in [1.807, 2.05) is 24.3 Å². The van der Waals surface area contributed by atoms with Gasteiger partial charge in [-0.15, -0.1) is 5.10 Å². The average Bonchev–Trinajstić information content (AvgIpc) is 3.18. The van der Waals surface area contributed by atoms with E-state index in [4.69, 9.17) is 0 Å². The first-order chi connectivity index (χ1) is 15.4. The van der Waals surface area contributed by atoms with Crippen molar-refractivity contribution in [3.8, 4) is 11.1 Å². The lowest BCUT2D eigenvalue weighted by Gasteiger charge is -2.10. The maximum absolute atomic E-state index is 14.4. The van der Waals surface area contributed by atoms with Crippen LogP contribution >= 0.6 is 0 Å². The summed E-state index contributed by atoms with van der Waals surface area (Å²) in [5, 5.41) is 13.5. The largest absolute Gasteiger partial charge is 0.478 e. The molecule has 32 heavy (non-hydrogen) atoms. The number of hydrogen-bond acceptors (Lipinski definition) is 4. The summed E-state index contributed by atoms with van der Waals surface area (Å²) in [5.41, 5.74) is 2.30. The minimum absolute atomic E-state index is 0.123. The lowest BCUT2D eigenvalue weighted by atomic mass is 10.0. The molecule has 0 aliphatic carbocycles. The first kappa shape index (κ1) is 23.5. The van der Waals surface area contributed by atoms with Crippen LogP contribution in [0.25, 0.3) is 11.1 Å². The second-order valence-electron chi connectivity index (χ2n) is 7.84. The lowest BCUT2D eigenvalue weighted by molar-refractivity contribution is -0.0232. The zero-order valence-electron chi connectivity index (χ0n) is 18.4. The Morgan fingerprint density at radius 2 is 1.84 bits per heavy atom. The van der Waals surface area contributed by atoms with Gasteiger partial charge in [0.25, 0.3) is 0 Å². The Labute approximate surface area is 186 Å². The van der Waals surface area contributed by atoms with E-state index in [9.17, 15) is 18.7 Å². The van der Waals surface area contributed by atoms with Crippen LogP contribution in [-0.4, -0.2) is 30.8 Å². The number of halogens is 2. The van der Waals surface area contributed by atoms with Crippen LogP contribution in [0.3, 0.4) is 0 Å². The van der Waals surface area contributed by atoms with E-state index in [1.165, 1.54) is 6.20 Å². The van der Waals surface area contributed by atoms with Crippen molar-refractivity contribution in [3.05, 3.63) is 65.5 Å². The van der Waals surface area contributed by atoms with Gasteiger partial charge in [-0.3, -0.25) is 4.98 Å². The number of carbonyl (C=O) groups is 1. The van der Waals surface area contributed by atoms with Gasteiger partial charge in [-0.05, 0) is 35.6 Å². The molecular formula is C24H28F2N4O2. The Morgan fingerprint density at radius 3 is 2.50 bits per heavy atom. The molecule has 0 saturated heterocycles. The summed E-state index contributed by atoms with van der Waals surface area (Å²) in [6, 6.07) is 8.99. The second-order valence-corrected chi connectivity index (χ2v) is 7.84. The molecule has 0 fully saturated rings. The van der Waals surface area contributed by atoms with Crippen LogP contribution in [0.5, 0.6) is 0 Å². The number of pyridine rings is 1. The maximum Gasteiger partial charge on any atom is 0.337 e. The molecule has 0 spiro atoms. The molecule has 170 valence electrons. The van der Waals surface area contributed by atoms with Crippen molar-refractivity contribution in [2.45, 2.75) is 64.8 Å². The van der Waals surface area contributed by atoms with E-state index in [2.05, 4.69) is 22.0 Å². The van der Waals surface area contributed by atoms with E-state index < -0.39 is 17.7 Å². The molecule has 2 heterocycles. The molecule has 0 radical (unpaired) electrons. The van der Waals surface area contributed by atoms with Crippen molar-refractivity contribution in [1.82, 2.24) is 19.7 Å². The summed E-state index contributed by atoms with van der Waals surface area (Å²) in [4.78, 5) is 19.5. The highest BCUT2D eigenvalue weighted by Gasteiger charge is 2.36. The topological polar surface area (TPSA) is 80.9 Å². The minimum atomic E-state index is -3.04. The number of rotatable bonds is 11. The van der Waals surface area contributed by atoms with Gasteiger partial charge in [0.15, 0.2) is 0 Å². The van der Waals surface area contributed by atoms with Gasteiger partial charge in [-0.1, -0.05) is 51.0 Å². The first-order valence-corrected chi connectivity index (χ1v) is 10.9. The van der Waals surface area contributed by atoms with Gasteiger partial charge in [-0.2, -0.15) is 8.78 Å². The van der Waals surface area contributed by atoms with Gasteiger partial charge in [0, 0.05) is 25.2 Å². The number of aromatic carboxylic acids is 1. The zero-order valence-corrected chi connectivity index (χ0v) is 18.4. The predicted octanol–water partition coefficient (Wildman–Crippen LogP) is 5.71. The van der Waals surface area contributed by atoms with E-state index >= 15 is 0 Å². The number of aromatic nitrogens is 4. The highest BCUT2D eigenvalue weighted by Crippen LogP contribution is 2.31. The number of alkyl halides is 2. The van der Waals surface area contributed by atoms with Gasteiger partial charge < -0.3 is 5.11 Å². The summed E-state index contributed by atoms with van der Waals surface area (Å²) in [6.07, 6.45) is 6.43. The molecule has 0 aliphatic rings. The smallest absolute Gasteiger partial charge is 0.337 e. The number of hydrogen-bond donors (Lipinski definition) is 1. The Kier molecular flexibility index (Phi) is 7.66. The van der Waals surface area contributed by atoms with Gasteiger partial charge in [0.05, 0.1) is 12.1 Å². The average molecular weight is 443 g/mol. The zero-order chi connectivity index (χ0) is 23.1. The van der Waals surface area contributed by atoms with Crippen LogP contribution in [0.2, 0.25) is 0 Å². The van der Waals surface area contributed by atoms with Crippen molar-refractivity contribution in [2.24, 2.45) is 0 Å². The lowest BCUT2D eigenvalue weighted by Crippen LogP contribution is -2.15. The normalized spacial score (nSPS) is 11.6. The van der Waals surface area contributed by atoms with Gasteiger partial charge in [-0.25, -0.2) is 14.5 Å². The van der Waals surface area contributed by atoms with Gasteiger partial charge in [0.1, 0.15) is 5.82 Å². The van der Waals surface area contributed by atoms with E-state index in [0.717, 1.165) is 30.4 Å². The second kappa shape index (κ2) is 10.4. The highest BCUT2D eigenvalue weighted by atomic mass is 19.3. The van der Waals surface area contributed by atoms with Crippen molar-refractivity contribution >= 4 is 5.97 Å². The van der Waals surface area contributed by atoms with Crippen molar-refractivity contribution in [3.63, 3.8) is 0 Å². The summed E-state index contributed by atoms with van der Waals surface area (Å²) in [6.45, 7) is 4.12. The Hall–Kier alpha value is -3.16. The molecule has 3 aromatic rings. The third-order valence-corrected chi connectivity index (χ3v) is 5.29. The maximum atomic E-state index is 14.4. The molecule has 0 saturated carbocycles. The van der Waals surface area contributed by atoms with Gasteiger partial charge in [0.2, 0.25) is 5.82 Å². The molecule has 0 unspecified atom stereocenters. The fourth-order valence-corrected chi connectivity index (χ4v) is 3.58. The Bertz CT molecular complexity index is 1050. The van der Waals surface area contributed by atoms with Gasteiger partial charge >= 0.3 is 11.9 Å². The molecule has 6 nitrogen and oxygen atoms in total. The van der Waals surface area contributed by atoms with Crippen LogP contribution in [0.15, 0.2) is 42.7 Å². The molecule has 0 bridgehead atoms. The first-order valence-electron chi connectivity index (χ1n) is 10.9. The Morgan fingerprint density at radius 1 is 1.09 bits per heavy atom. The molecule has 0 aliphatic heterocycles. The number of nitrogens with zero attached hydrogens (tertiary/aromatic N) is 4. The fraction of sp³-hybridized carbons (Fsp3) is 0.417. The predicted molar refractivity (Wildman–Crippen MR) is 118 cm³/mol. The number of benzene rings is 1. The molecule has 1 N–H and O–H groups in total. The Balaban J connectivity index is 1.86. The SMILES string of the molecule is CCCCCc1nc(C(F)(F)CCC)nn1Cc1ccc(-c2ccncc2C(=O)O)cc1. The molecule has 3 rings (SSSR count). The van der Waals surface area contributed by atoms with Crippen molar-refractivity contribution in [1.29, 1.82) is 0 Å². The number of carboxylic acid groups (broad SMARTS) is 1. The minimum Gasteiger partial charge on any atom is -0.478 e. The summed E-state index contributed by atoms with van der Waals surface area (Å²) < 4.78 is 30.4. The standard InChI is InChI=1S/C24H28F2N4O2/c1-3-5-6-7-21-28-23(24(25,26)13-4-2)29-30(21)16-17-8-10-18(11-9-17)19-12-14-27-15-20(19)22(31)32/h8-12,14-15H,3-7,13,16H2,1-2H3,(H,31,32). The molecular weight excluding hydrogens is 414 g/mol. The van der Waals surface area contributed by atoms with Crippen LogP contribution in [0.1, 0.15) is 73.5 Å². The molecule has 8 heteroatoms. The third-order valence-electron chi connectivity index (χ3n) is 5.29. The van der Waals surface area contributed by atoms with E-state index in [1.54, 1.807) is 23.9 Å². The summed E-state index contributed by atoms with van der Waals surface area (Å²) in [5.74, 6) is -3.93. The molecule has 0 amide bonds. The molecule has 2 aromatic heterocycles. The van der Waals surface area contributed by atoms with E-state index in [0.29, 0.717) is 30.8 Å². The highest BCUT2D eigenvalue weighted by molar-refractivity contribution is 5.95. The summed E-state index contributed by atoms with van der Waals surface area (Å²) in [7, 11) is 0. The van der Waals surface area contributed by atoms with Crippen LogP contribution in [-0.2, 0) is 18.9 Å². The number of aryl methyl sites for hydroxylation is 1. The quantitative estimate of drug-likeness (QED) is 0.385. The van der Waals surface area contributed by atoms with E-state index in [-0.39, 0.29) is 12.0 Å². The summed E-state index contributed by atoms with van der Waals surface area (Å²) >= 11 is 0. The van der Waals surface area contributed by atoms with Crippen molar-refractivity contribution < 1.29 is 18.7 Å². The molecule has 0 atom stereocenters. The number of unbranched alkanes of at least 4 members (excludes halogenated alkanes) is 2. The van der Waals surface area contributed by atoms with Crippen LogP contribution in [0.4, 0.5) is 8.78 Å². The van der Waals surface area contributed by atoms with Crippen LogP contribution in [0, 0.1) is 0 Å². The van der Waals surface area contributed by atoms with Crippen LogP contribution < -0.4 is 0 Å². The third kappa shape index (κ3) is 5.55.